The second kappa shape index (κ2) is 6.23. The topological polar surface area (TPSA) is 47.1 Å². The fourth-order valence-electron chi connectivity index (χ4n) is 2.27. The van der Waals surface area contributed by atoms with Gasteiger partial charge in [0.15, 0.2) is 0 Å². The maximum atomic E-state index is 5.79. The first-order chi connectivity index (χ1) is 7.31. The van der Waals surface area contributed by atoms with E-state index in [0.717, 1.165) is 25.5 Å². The van der Waals surface area contributed by atoms with Crippen LogP contribution in [0, 0.1) is 0 Å². The largest absolute Gasteiger partial charge is 0.337 e. The Morgan fingerprint density at radius 3 is 2.94 bits per heavy atom. The second-order valence-electron chi connectivity index (χ2n) is 4.31. The first kappa shape index (κ1) is 13.5. The molecule has 2 heterocycles. The van der Waals surface area contributed by atoms with Crippen LogP contribution in [-0.4, -0.2) is 33.6 Å². The summed E-state index contributed by atoms with van der Waals surface area (Å²) in [6.07, 6.45) is 7.70. The summed E-state index contributed by atoms with van der Waals surface area (Å²) in [5, 5.41) is 0. The average molecular weight is 245 g/mol. The predicted molar refractivity (Wildman–Crippen MR) is 67.6 cm³/mol. The summed E-state index contributed by atoms with van der Waals surface area (Å²) < 4.78 is 2.09. The highest BCUT2D eigenvalue weighted by Gasteiger charge is 2.21. The number of likely N-dealkylation sites (tertiary alicyclic amines) is 1. The first-order valence-corrected chi connectivity index (χ1v) is 5.71. The van der Waals surface area contributed by atoms with Crippen LogP contribution in [-0.2, 0) is 13.6 Å². The van der Waals surface area contributed by atoms with Crippen molar-refractivity contribution in [2.24, 2.45) is 12.8 Å². The normalized spacial score (nSPS) is 21.8. The Labute approximate surface area is 103 Å². The van der Waals surface area contributed by atoms with Crippen LogP contribution >= 0.6 is 12.4 Å². The maximum Gasteiger partial charge on any atom is 0.122 e. The van der Waals surface area contributed by atoms with Crippen LogP contribution in [0.5, 0.6) is 0 Å². The van der Waals surface area contributed by atoms with Gasteiger partial charge in [-0.1, -0.05) is 6.42 Å². The summed E-state index contributed by atoms with van der Waals surface area (Å²) in [5.41, 5.74) is 5.79. The lowest BCUT2D eigenvalue weighted by Gasteiger charge is -2.34. The molecule has 16 heavy (non-hydrogen) atoms. The molecule has 1 aromatic heterocycles. The van der Waals surface area contributed by atoms with E-state index in [1.165, 1.54) is 19.3 Å². The maximum absolute atomic E-state index is 5.79. The molecule has 5 heteroatoms. The number of aryl methyl sites for hydroxylation is 1. The zero-order chi connectivity index (χ0) is 10.7. The van der Waals surface area contributed by atoms with Crippen molar-refractivity contribution < 1.29 is 0 Å². The molecule has 1 atom stereocenters. The number of nitrogens with zero attached hydrogens (tertiary/aromatic N) is 3. The summed E-state index contributed by atoms with van der Waals surface area (Å²) in [7, 11) is 2.05. The summed E-state index contributed by atoms with van der Waals surface area (Å²) >= 11 is 0. The van der Waals surface area contributed by atoms with Gasteiger partial charge >= 0.3 is 0 Å². The van der Waals surface area contributed by atoms with Crippen molar-refractivity contribution >= 4 is 12.4 Å². The number of rotatable bonds is 3. The minimum atomic E-state index is 0. The highest BCUT2D eigenvalue weighted by Crippen LogP contribution is 2.17. The lowest BCUT2D eigenvalue weighted by molar-refractivity contribution is 0.140. The smallest absolute Gasteiger partial charge is 0.122 e. The van der Waals surface area contributed by atoms with Crippen molar-refractivity contribution in [3.05, 3.63) is 18.2 Å². The average Bonchev–Trinajstić information content (AvgIpc) is 2.65. The molecule has 1 saturated heterocycles. The van der Waals surface area contributed by atoms with Crippen LogP contribution < -0.4 is 5.73 Å². The Morgan fingerprint density at radius 2 is 2.31 bits per heavy atom. The second-order valence-corrected chi connectivity index (χ2v) is 4.31. The molecule has 1 aliphatic heterocycles. The third kappa shape index (κ3) is 2.97. The van der Waals surface area contributed by atoms with Gasteiger partial charge in [0, 0.05) is 32.0 Å². The van der Waals surface area contributed by atoms with Gasteiger partial charge in [-0.25, -0.2) is 4.98 Å². The summed E-state index contributed by atoms with van der Waals surface area (Å²) in [6.45, 7) is 2.87. The van der Waals surface area contributed by atoms with Gasteiger partial charge in [-0.05, 0) is 19.4 Å². The number of nitrogens with two attached hydrogens (primary N) is 1. The molecule has 1 fully saturated rings. The van der Waals surface area contributed by atoms with Gasteiger partial charge in [-0.15, -0.1) is 12.4 Å². The lowest BCUT2D eigenvalue weighted by atomic mass is 10.0. The quantitative estimate of drug-likeness (QED) is 0.868. The van der Waals surface area contributed by atoms with Crippen LogP contribution in [0.4, 0.5) is 0 Å². The summed E-state index contributed by atoms with van der Waals surface area (Å²) in [4.78, 5) is 6.82. The minimum Gasteiger partial charge on any atom is -0.337 e. The van der Waals surface area contributed by atoms with Gasteiger partial charge in [-0.2, -0.15) is 0 Å². The molecule has 0 amide bonds. The van der Waals surface area contributed by atoms with Crippen LogP contribution in [0.25, 0.3) is 0 Å². The van der Waals surface area contributed by atoms with Crippen LogP contribution in [0.2, 0.25) is 0 Å². The Bertz CT molecular complexity index is 313. The van der Waals surface area contributed by atoms with Crippen LogP contribution in [0.15, 0.2) is 12.4 Å². The van der Waals surface area contributed by atoms with E-state index >= 15 is 0 Å². The standard InChI is InChI=1S/C11H20N4.ClH/c1-14-7-5-13-11(14)9-15-6-3-2-4-10(15)8-12;/h5,7,10H,2-4,6,8-9,12H2,1H3;1H. The molecule has 0 radical (unpaired) electrons. The van der Waals surface area contributed by atoms with E-state index in [0.29, 0.717) is 6.04 Å². The molecule has 1 aromatic rings. The van der Waals surface area contributed by atoms with Crippen molar-refractivity contribution in [1.82, 2.24) is 14.5 Å². The first-order valence-electron chi connectivity index (χ1n) is 5.71. The zero-order valence-corrected chi connectivity index (χ0v) is 10.6. The molecule has 0 spiro atoms. The third-order valence-corrected chi connectivity index (χ3v) is 3.29. The van der Waals surface area contributed by atoms with E-state index in [2.05, 4.69) is 14.5 Å². The van der Waals surface area contributed by atoms with Crippen molar-refractivity contribution in [2.45, 2.75) is 31.8 Å². The van der Waals surface area contributed by atoms with E-state index < -0.39 is 0 Å². The SMILES string of the molecule is Cl.Cn1ccnc1CN1CCCCC1CN. The molecule has 0 aliphatic carbocycles. The number of hydrogen-bond acceptors (Lipinski definition) is 3. The van der Waals surface area contributed by atoms with Crippen LogP contribution in [0.1, 0.15) is 25.1 Å². The fraction of sp³-hybridized carbons (Fsp3) is 0.727. The third-order valence-electron chi connectivity index (χ3n) is 3.29. The number of piperidine rings is 1. The van der Waals surface area contributed by atoms with E-state index in [1.54, 1.807) is 0 Å². The molecule has 0 saturated carbocycles. The van der Waals surface area contributed by atoms with E-state index in [-0.39, 0.29) is 12.4 Å². The van der Waals surface area contributed by atoms with Gasteiger partial charge in [-0.3, -0.25) is 4.90 Å². The Kier molecular flexibility index (Phi) is 5.25. The summed E-state index contributed by atoms with van der Waals surface area (Å²) in [6, 6.07) is 0.551. The number of halogens is 1. The highest BCUT2D eigenvalue weighted by molar-refractivity contribution is 5.85. The molecule has 0 aromatic carbocycles. The number of imidazole rings is 1. The van der Waals surface area contributed by atoms with Crippen molar-refractivity contribution in [2.75, 3.05) is 13.1 Å². The Balaban J connectivity index is 0.00000128. The molecule has 2 rings (SSSR count). The highest BCUT2D eigenvalue weighted by atomic mass is 35.5. The van der Waals surface area contributed by atoms with Gasteiger partial charge in [0.05, 0.1) is 6.54 Å². The van der Waals surface area contributed by atoms with Crippen molar-refractivity contribution in [3.8, 4) is 0 Å². The van der Waals surface area contributed by atoms with Crippen molar-refractivity contribution in [3.63, 3.8) is 0 Å². The van der Waals surface area contributed by atoms with Gasteiger partial charge in [0.25, 0.3) is 0 Å². The molecular weight excluding hydrogens is 224 g/mol. The molecule has 1 aliphatic rings. The molecular formula is C11H21ClN4. The fourth-order valence-corrected chi connectivity index (χ4v) is 2.27. The van der Waals surface area contributed by atoms with Gasteiger partial charge in [0.1, 0.15) is 5.82 Å². The Morgan fingerprint density at radius 1 is 1.50 bits per heavy atom. The zero-order valence-electron chi connectivity index (χ0n) is 9.80. The number of aromatic nitrogens is 2. The molecule has 4 nitrogen and oxygen atoms in total. The Hall–Kier alpha value is -0.580. The van der Waals surface area contributed by atoms with Gasteiger partial charge < -0.3 is 10.3 Å². The molecule has 92 valence electrons. The monoisotopic (exact) mass is 244 g/mol. The van der Waals surface area contributed by atoms with E-state index in [9.17, 15) is 0 Å². The molecule has 0 bridgehead atoms. The van der Waals surface area contributed by atoms with Gasteiger partial charge in [0.2, 0.25) is 0 Å². The van der Waals surface area contributed by atoms with E-state index in [4.69, 9.17) is 5.73 Å². The molecule has 1 unspecified atom stereocenters. The lowest BCUT2D eigenvalue weighted by Crippen LogP contribution is -2.43. The van der Waals surface area contributed by atoms with E-state index in [1.807, 2.05) is 19.4 Å². The predicted octanol–water partition coefficient (Wildman–Crippen LogP) is 1.16. The van der Waals surface area contributed by atoms with Crippen molar-refractivity contribution in [1.29, 1.82) is 0 Å². The molecule has 2 N–H and O–H groups in total. The minimum absolute atomic E-state index is 0. The number of hydrogen-bond donors (Lipinski definition) is 1. The summed E-state index contributed by atoms with van der Waals surface area (Å²) in [5.74, 6) is 1.13. The van der Waals surface area contributed by atoms with Crippen LogP contribution in [0.3, 0.4) is 0 Å².